The van der Waals surface area contributed by atoms with E-state index >= 15 is 0 Å². The first-order valence-electron chi connectivity index (χ1n) is 3.57. The first-order chi connectivity index (χ1) is 6.48. The maximum atomic E-state index is 12.1. The zero-order valence-corrected chi connectivity index (χ0v) is 7.76. The Kier molecular flexibility index (Phi) is 3.02. The van der Waals surface area contributed by atoms with Gasteiger partial charge in [-0.05, 0) is 18.2 Å². The van der Waals surface area contributed by atoms with Gasteiger partial charge >= 0.3 is 5.76 Å². The Bertz CT molecular complexity index is 419. The summed E-state index contributed by atoms with van der Waals surface area (Å²) in [7, 11) is -4.54. The molecule has 14 heavy (non-hydrogen) atoms. The van der Waals surface area contributed by atoms with Gasteiger partial charge in [0.05, 0.1) is 4.90 Å². The number of rotatable bonds is 3. The molecule has 0 radical (unpaired) electrons. The van der Waals surface area contributed by atoms with E-state index in [2.05, 4.69) is 5.43 Å². The van der Waals surface area contributed by atoms with Crippen LogP contribution < -0.4 is 11.3 Å². The van der Waals surface area contributed by atoms with Crippen LogP contribution >= 0.6 is 0 Å². The minimum atomic E-state index is -4.54. The smallest absolute Gasteiger partial charge is 0.324 e. The SMILES string of the molecule is NNc1cccc(S(=O)(=O)C(F)F)c1. The summed E-state index contributed by atoms with van der Waals surface area (Å²) in [5.74, 6) is 1.58. The molecule has 1 rings (SSSR count). The van der Waals surface area contributed by atoms with Crippen LogP contribution in [0.5, 0.6) is 0 Å². The fourth-order valence-electron chi connectivity index (χ4n) is 0.866. The highest BCUT2D eigenvalue weighted by molar-refractivity contribution is 7.91. The maximum Gasteiger partial charge on any atom is 0.341 e. The Labute approximate surface area is 79.6 Å². The Hall–Kier alpha value is -1.21. The lowest BCUT2D eigenvalue weighted by atomic mass is 10.3. The molecule has 0 aliphatic carbocycles. The van der Waals surface area contributed by atoms with Gasteiger partial charge in [-0.15, -0.1) is 0 Å². The molecule has 0 heterocycles. The van der Waals surface area contributed by atoms with Crippen molar-refractivity contribution >= 4 is 15.5 Å². The quantitative estimate of drug-likeness (QED) is 0.590. The van der Waals surface area contributed by atoms with E-state index in [4.69, 9.17) is 5.84 Å². The molecule has 7 heteroatoms. The van der Waals surface area contributed by atoms with E-state index in [9.17, 15) is 17.2 Å². The first-order valence-corrected chi connectivity index (χ1v) is 5.12. The molecule has 0 atom stereocenters. The van der Waals surface area contributed by atoms with E-state index in [1.807, 2.05) is 0 Å². The number of nitrogens with two attached hydrogens (primary N) is 1. The van der Waals surface area contributed by atoms with E-state index in [1.165, 1.54) is 12.1 Å². The van der Waals surface area contributed by atoms with Crippen LogP contribution in [0.4, 0.5) is 14.5 Å². The molecule has 1 aromatic rings. The number of hydrogen-bond donors (Lipinski definition) is 2. The number of halogens is 2. The second kappa shape index (κ2) is 3.89. The summed E-state index contributed by atoms with van der Waals surface area (Å²) >= 11 is 0. The number of hydrazine groups is 1. The topological polar surface area (TPSA) is 72.2 Å². The van der Waals surface area contributed by atoms with Gasteiger partial charge in [0.25, 0.3) is 0 Å². The largest absolute Gasteiger partial charge is 0.341 e. The highest BCUT2D eigenvalue weighted by Crippen LogP contribution is 2.20. The van der Waals surface area contributed by atoms with Crippen LogP contribution in [0.25, 0.3) is 0 Å². The van der Waals surface area contributed by atoms with Crippen molar-refractivity contribution in [1.29, 1.82) is 0 Å². The second-order valence-electron chi connectivity index (χ2n) is 2.48. The molecule has 0 bridgehead atoms. The number of anilines is 1. The fourth-order valence-corrected chi connectivity index (χ4v) is 1.63. The number of alkyl halides is 2. The van der Waals surface area contributed by atoms with Gasteiger partial charge in [-0.3, -0.25) is 5.84 Å². The molecular weight excluding hydrogens is 214 g/mol. The normalized spacial score (nSPS) is 11.7. The molecule has 0 aliphatic rings. The molecule has 0 saturated carbocycles. The first kappa shape index (κ1) is 10.9. The lowest BCUT2D eigenvalue weighted by Crippen LogP contribution is -2.12. The molecule has 0 aromatic heterocycles. The molecule has 0 saturated heterocycles. The third kappa shape index (κ3) is 1.99. The minimum absolute atomic E-state index is 0.256. The fraction of sp³-hybridized carbons (Fsp3) is 0.143. The van der Waals surface area contributed by atoms with Crippen LogP contribution in [0.15, 0.2) is 29.2 Å². The van der Waals surface area contributed by atoms with Gasteiger partial charge in [-0.1, -0.05) is 6.07 Å². The maximum absolute atomic E-state index is 12.1. The van der Waals surface area contributed by atoms with Crippen molar-refractivity contribution in [3.63, 3.8) is 0 Å². The number of hydrogen-bond acceptors (Lipinski definition) is 4. The molecule has 1 aromatic carbocycles. The minimum Gasteiger partial charge on any atom is -0.324 e. The monoisotopic (exact) mass is 222 g/mol. The molecule has 0 unspecified atom stereocenters. The molecule has 0 spiro atoms. The van der Waals surface area contributed by atoms with Crippen molar-refractivity contribution in [1.82, 2.24) is 0 Å². The van der Waals surface area contributed by atoms with E-state index in [0.717, 1.165) is 12.1 Å². The molecule has 0 amide bonds. The van der Waals surface area contributed by atoms with Gasteiger partial charge in [-0.25, -0.2) is 8.42 Å². The van der Waals surface area contributed by atoms with Crippen molar-refractivity contribution in [2.75, 3.05) is 5.43 Å². The summed E-state index contributed by atoms with van der Waals surface area (Å²) < 4.78 is 46.2. The van der Waals surface area contributed by atoms with Crippen LogP contribution in [-0.2, 0) is 9.84 Å². The summed E-state index contributed by atoms with van der Waals surface area (Å²) in [5, 5.41) is 0. The number of nitrogens with one attached hydrogen (secondary N) is 1. The number of nitrogen functional groups attached to an aromatic ring is 1. The van der Waals surface area contributed by atoms with E-state index in [1.54, 1.807) is 0 Å². The van der Waals surface area contributed by atoms with Crippen LogP contribution in [0.2, 0.25) is 0 Å². The van der Waals surface area contributed by atoms with Crippen molar-refractivity contribution in [3.05, 3.63) is 24.3 Å². The van der Waals surface area contributed by atoms with Gasteiger partial charge < -0.3 is 5.43 Å². The van der Waals surface area contributed by atoms with E-state index in [-0.39, 0.29) is 5.69 Å². The Morgan fingerprint density at radius 3 is 2.50 bits per heavy atom. The number of sulfone groups is 1. The van der Waals surface area contributed by atoms with Crippen LogP contribution in [-0.4, -0.2) is 14.2 Å². The van der Waals surface area contributed by atoms with Gasteiger partial charge in [0, 0.05) is 5.69 Å². The molecule has 0 fully saturated rings. The summed E-state index contributed by atoms with van der Waals surface area (Å²) in [5.41, 5.74) is 2.43. The lowest BCUT2D eigenvalue weighted by molar-refractivity contribution is 0.235. The molecule has 3 N–H and O–H groups in total. The zero-order valence-electron chi connectivity index (χ0n) is 6.94. The van der Waals surface area contributed by atoms with Crippen molar-refractivity contribution in [2.45, 2.75) is 10.7 Å². The number of benzene rings is 1. The van der Waals surface area contributed by atoms with Gasteiger partial charge in [-0.2, -0.15) is 8.78 Å². The van der Waals surface area contributed by atoms with E-state index in [0.29, 0.717) is 0 Å². The third-order valence-electron chi connectivity index (χ3n) is 1.56. The summed E-state index contributed by atoms with van der Waals surface area (Å²) in [6.45, 7) is 0. The molecule has 4 nitrogen and oxygen atoms in total. The highest BCUT2D eigenvalue weighted by atomic mass is 32.2. The predicted octanol–water partition coefficient (Wildman–Crippen LogP) is 0.969. The van der Waals surface area contributed by atoms with E-state index < -0.39 is 20.5 Å². The van der Waals surface area contributed by atoms with Crippen molar-refractivity contribution < 1.29 is 17.2 Å². The van der Waals surface area contributed by atoms with Crippen LogP contribution in [0.3, 0.4) is 0 Å². The lowest BCUT2D eigenvalue weighted by Gasteiger charge is -2.04. The summed E-state index contributed by atoms with van der Waals surface area (Å²) in [6.07, 6.45) is 0. The molecular formula is C7H8F2N2O2S. The van der Waals surface area contributed by atoms with Gasteiger partial charge in [0.15, 0.2) is 0 Å². The van der Waals surface area contributed by atoms with Gasteiger partial charge in [0.1, 0.15) is 0 Å². The van der Waals surface area contributed by atoms with Crippen molar-refractivity contribution in [3.8, 4) is 0 Å². The average molecular weight is 222 g/mol. The molecule has 0 aliphatic heterocycles. The average Bonchev–Trinajstić information content (AvgIpc) is 2.17. The third-order valence-corrected chi connectivity index (χ3v) is 2.94. The Morgan fingerprint density at radius 1 is 1.36 bits per heavy atom. The Morgan fingerprint density at radius 2 is 2.00 bits per heavy atom. The summed E-state index contributed by atoms with van der Waals surface area (Å²) in [6, 6.07) is 4.92. The van der Waals surface area contributed by atoms with Crippen LogP contribution in [0.1, 0.15) is 0 Å². The Balaban J connectivity index is 3.20. The van der Waals surface area contributed by atoms with Crippen LogP contribution in [0, 0.1) is 0 Å². The summed E-state index contributed by atoms with van der Waals surface area (Å²) in [4.78, 5) is -0.456. The zero-order chi connectivity index (χ0) is 10.8. The molecule has 78 valence electrons. The second-order valence-corrected chi connectivity index (χ2v) is 4.40. The van der Waals surface area contributed by atoms with Gasteiger partial charge in [0.2, 0.25) is 9.84 Å². The standard InChI is InChI=1S/C7H8F2N2O2S/c8-7(9)14(12,13)6-3-1-2-5(4-6)11-10/h1-4,7,11H,10H2. The van der Waals surface area contributed by atoms with Crippen molar-refractivity contribution in [2.24, 2.45) is 5.84 Å². The predicted molar refractivity (Wildman–Crippen MR) is 47.4 cm³/mol. The highest BCUT2D eigenvalue weighted by Gasteiger charge is 2.26.